The molecule has 0 bridgehead atoms. The Morgan fingerprint density at radius 1 is 1.45 bits per heavy atom. The fourth-order valence-corrected chi connectivity index (χ4v) is 2.11. The van der Waals surface area contributed by atoms with Crippen LogP contribution < -0.4 is 15.2 Å². The minimum atomic E-state index is -0.682. The third-order valence-corrected chi connectivity index (χ3v) is 3.46. The van der Waals surface area contributed by atoms with Crippen molar-refractivity contribution in [1.29, 1.82) is 0 Å². The molecule has 0 saturated carbocycles. The molecule has 0 fully saturated rings. The summed E-state index contributed by atoms with van der Waals surface area (Å²) in [7, 11) is 1.51. The number of methoxy groups -OCH3 is 1. The molecule has 1 amide bonds. The molecule has 118 valence electrons. The SMILES string of the molecule is CCC(C)Oc1c(Cl)cc(-c2n[nH]nc2C(N)=O)cc1OC. The molecular weight excluding hydrogens is 308 g/mol. The number of carbonyl (C=O) groups excluding carboxylic acids is 1. The van der Waals surface area contributed by atoms with E-state index in [0.717, 1.165) is 6.42 Å². The summed E-state index contributed by atoms with van der Waals surface area (Å²) in [6.07, 6.45) is 0.821. The molecule has 7 nitrogen and oxygen atoms in total. The van der Waals surface area contributed by atoms with Crippen LogP contribution in [-0.2, 0) is 0 Å². The van der Waals surface area contributed by atoms with Gasteiger partial charge < -0.3 is 15.2 Å². The summed E-state index contributed by atoms with van der Waals surface area (Å²) in [6.45, 7) is 3.94. The number of hydrogen-bond donors (Lipinski definition) is 2. The van der Waals surface area contributed by atoms with Crippen molar-refractivity contribution in [3.05, 3.63) is 22.8 Å². The number of primary amides is 1. The van der Waals surface area contributed by atoms with E-state index in [4.69, 9.17) is 26.8 Å². The van der Waals surface area contributed by atoms with Crippen LogP contribution in [0, 0.1) is 0 Å². The summed E-state index contributed by atoms with van der Waals surface area (Å²) < 4.78 is 11.1. The largest absolute Gasteiger partial charge is 0.493 e. The Morgan fingerprint density at radius 2 is 2.18 bits per heavy atom. The summed E-state index contributed by atoms with van der Waals surface area (Å²) in [6, 6.07) is 3.31. The maximum atomic E-state index is 11.4. The number of nitrogens with two attached hydrogens (primary N) is 1. The molecule has 1 atom stereocenters. The molecule has 0 spiro atoms. The van der Waals surface area contributed by atoms with Gasteiger partial charge in [-0.15, -0.1) is 0 Å². The smallest absolute Gasteiger partial charge is 0.271 e. The van der Waals surface area contributed by atoms with Crippen LogP contribution in [0.5, 0.6) is 11.5 Å². The van der Waals surface area contributed by atoms with E-state index in [1.165, 1.54) is 7.11 Å². The second kappa shape index (κ2) is 6.65. The first kappa shape index (κ1) is 16.1. The number of nitrogens with one attached hydrogen (secondary N) is 1. The highest BCUT2D eigenvalue weighted by Crippen LogP contribution is 2.40. The molecule has 1 heterocycles. The number of carbonyl (C=O) groups is 1. The second-order valence-corrected chi connectivity index (χ2v) is 5.12. The fraction of sp³-hybridized carbons (Fsp3) is 0.357. The molecule has 0 aliphatic rings. The molecule has 0 aliphatic heterocycles. The molecule has 2 rings (SSSR count). The first-order valence-electron chi connectivity index (χ1n) is 6.73. The van der Waals surface area contributed by atoms with Crippen LogP contribution >= 0.6 is 11.6 Å². The van der Waals surface area contributed by atoms with E-state index >= 15 is 0 Å². The van der Waals surface area contributed by atoms with Crippen LogP contribution in [0.15, 0.2) is 12.1 Å². The highest BCUT2D eigenvalue weighted by molar-refractivity contribution is 6.32. The van der Waals surface area contributed by atoms with E-state index < -0.39 is 5.91 Å². The molecule has 1 aromatic carbocycles. The van der Waals surface area contributed by atoms with Crippen molar-refractivity contribution in [1.82, 2.24) is 15.4 Å². The molecule has 1 aromatic heterocycles. The van der Waals surface area contributed by atoms with Crippen LogP contribution in [0.4, 0.5) is 0 Å². The number of amides is 1. The summed E-state index contributed by atoms with van der Waals surface area (Å²) >= 11 is 6.28. The lowest BCUT2D eigenvalue weighted by atomic mass is 10.1. The lowest BCUT2D eigenvalue weighted by Crippen LogP contribution is -2.13. The molecule has 3 N–H and O–H groups in total. The zero-order chi connectivity index (χ0) is 16.3. The van der Waals surface area contributed by atoms with Crippen molar-refractivity contribution in [2.24, 2.45) is 5.73 Å². The van der Waals surface area contributed by atoms with Gasteiger partial charge in [0.15, 0.2) is 17.2 Å². The van der Waals surface area contributed by atoms with Gasteiger partial charge in [0.1, 0.15) is 5.69 Å². The number of halogens is 1. The van der Waals surface area contributed by atoms with Gasteiger partial charge in [0.2, 0.25) is 0 Å². The molecule has 22 heavy (non-hydrogen) atoms. The Balaban J connectivity index is 2.50. The first-order chi connectivity index (χ1) is 10.5. The Hall–Kier alpha value is -2.28. The fourth-order valence-electron chi connectivity index (χ4n) is 1.86. The number of hydrogen-bond acceptors (Lipinski definition) is 5. The maximum absolute atomic E-state index is 11.4. The molecule has 0 aliphatic carbocycles. The van der Waals surface area contributed by atoms with Gasteiger partial charge in [-0.1, -0.05) is 18.5 Å². The highest BCUT2D eigenvalue weighted by Gasteiger charge is 2.20. The summed E-state index contributed by atoms with van der Waals surface area (Å²) in [4.78, 5) is 11.4. The topological polar surface area (TPSA) is 103 Å². The van der Waals surface area contributed by atoms with Crippen LogP contribution in [-0.4, -0.2) is 34.5 Å². The third-order valence-electron chi connectivity index (χ3n) is 3.18. The summed E-state index contributed by atoms with van der Waals surface area (Å²) in [5, 5.41) is 10.4. The lowest BCUT2D eigenvalue weighted by Gasteiger charge is -2.17. The van der Waals surface area contributed by atoms with Gasteiger partial charge in [-0.25, -0.2) is 0 Å². The number of aromatic amines is 1. The quantitative estimate of drug-likeness (QED) is 0.849. The molecule has 1 unspecified atom stereocenters. The van der Waals surface area contributed by atoms with Crippen LogP contribution in [0.1, 0.15) is 30.8 Å². The standard InChI is InChI=1S/C14H17ClN4O3/c1-4-7(2)22-13-9(15)5-8(6-10(13)21-3)11-12(14(16)20)18-19-17-11/h5-7H,4H2,1-3H3,(H2,16,20)(H,17,18,19). The van der Waals surface area contributed by atoms with E-state index in [9.17, 15) is 4.79 Å². The number of H-pyrrole nitrogens is 1. The third kappa shape index (κ3) is 3.14. The minimum Gasteiger partial charge on any atom is -0.493 e. The molecule has 0 saturated heterocycles. The number of benzene rings is 1. The van der Waals surface area contributed by atoms with Crippen molar-refractivity contribution >= 4 is 17.5 Å². The molecular formula is C14H17ClN4O3. The number of rotatable bonds is 6. The first-order valence-corrected chi connectivity index (χ1v) is 7.10. The second-order valence-electron chi connectivity index (χ2n) is 4.71. The average molecular weight is 325 g/mol. The number of ether oxygens (including phenoxy) is 2. The van der Waals surface area contributed by atoms with Crippen LogP contribution in [0.3, 0.4) is 0 Å². The van der Waals surface area contributed by atoms with Gasteiger partial charge in [-0.2, -0.15) is 15.4 Å². The van der Waals surface area contributed by atoms with E-state index in [0.29, 0.717) is 27.8 Å². The van der Waals surface area contributed by atoms with Crippen molar-refractivity contribution in [3.8, 4) is 22.8 Å². The molecule has 2 aromatic rings. The van der Waals surface area contributed by atoms with Crippen molar-refractivity contribution in [3.63, 3.8) is 0 Å². The average Bonchev–Trinajstić information content (AvgIpc) is 2.98. The Morgan fingerprint density at radius 3 is 2.77 bits per heavy atom. The summed E-state index contributed by atoms with van der Waals surface area (Å²) in [5.41, 5.74) is 6.17. The number of nitrogens with zero attached hydrogens (tertiary/aromatic N) is 2. The maximum Gasteiger partial charge on any atom is 0.271 e. The van der Waals surface area contributed by atoms with E-state index in [1.54, 1.807) is 12.1 Å². The monoisotopic (exact) mass is 324 g/mol. The Kier molecular flexibility index (Phi) is 4.87. The van der Waals surface area contributed by atoms with Gasteiger partial charge in [0, 0.05) is 5.56 Å². The van der Waals surface area contributed by atoms with Crippen molar-refractivity contribution < 1.29 is 14.3 Å². The van der Waals surface area contributed by atoms with E-state index in [1.807, 2.05) is 13.8 Å². The Labute approximate surface area is 132 Å². The lowest BCUT2D eigenvalue weighted by molar-refractivity contribution is 0.0996. The summed E-state index contributed by atoms with van der Waals surface area (Å²) in [5.74, 6) is 0.214. The predicted molar refractivity (Wildman–Crippen MR) is 82.3 cm³/mol. The minimum absolute atomic E-state index is 0.00881. The van der Waals surface area contributed by atoms with E-state index in [-0.39, 0.29) is 11.8 Å². The highest BCUT2D eigenvalue weighted by atomic mass is 35.5. The zero-order valence-corrected chi connectivity index (χ0v) is 13.3. The van der Waals surface area contributed by atoms with Gasteiger partial charge in [0.25, 0.3) is 5.91 Å². The molecule has 0 radical (unpaired) electrons. The normalized spacial score (nSPS) is 12.0. The van der Waals surface area contributed by atoms with Crippen LogP contribution in [0.25, 0.3) is 11.3 Å². The Bertz CT molecular complexity index is 687. The van der Waals surface area contributed by atoms with Gasteiger partial charge >= 0.3 is 0 Å². The van der Waals surface area contributed by atoms with Crippen molar-refractivity contribution in [2.75, 3.05) is 7.11 Å². The molecule has 8 heteroatoms. The van der Waals surface area contributed by atoms with Gasteiger partial charge in [-0.05, 0) is 25.5 Å². The number of aromatic nitrogens is 3. The zero-order valence-electron chi connectivity index (χ0n) is 12.5. The van der Waals surface area contributed by atoms with Gasteiger partial charge in [0.05, 0.1) is 18.2 Å². The van der Waals surface area contributed by atoms with Crippen molar-refractivity contribution in [2.45, 2.75) is 26.4 Å². The van der Waals surface area contributed by atoms with Gasteiger partial charge in [-0.3, -0.25) is 4.79 Å². The predicted octanol–water partition coefficient (Wildman–Crippen LogP) is 2.41. The van der Waals surface area contributed by atoms with E-state index in [2.05, 4.69) is 15.4 Å². The van der Waals surface area contributed by atoms with Crippen LogP contribution in [0.2, 0.25) is 5.02 Å².